The highest BCUT2D eigenvalue weighted by Crippen LogP contribution is 2.28. The predicted molar refractivity (Wildman–Crippen MR) is 136 cm³/mol. The molecule has 0 bridgehead atoms. The Labute approximate surface area is 205 Å². The summed E-state index contributed by atoms with van der Waals surface area (Å²) in [5.41, 5.74) is 1.24. The number of hydrogen-bond acceptors (Lipinski definition) is 7. The number of nitrogens with zero attached hydrogens (tertiary/aromatic N) is 2. The van der Waals surface area contributed by atoms with Gasteiger partial charge >= 0.3 is 0 Å². The molecule has 0 spiro atoms. The summed E-state index contributed by atoms with van der Waals surface area (Å²) in [7, 11) is 1.51. The number of benzene rings is 2. The number of aromatic nitrogens is 2. The van der Waals surface area contributed by atoms with E-state index in [2.05, 4.69) is 15.6 Å². The van der Waals surface area contributed by atoms with Crippen LogP contribution in [-0.4, -0.2) is 35.1 Å². The first-order valence-corrected chi connectivity index (χ1v) is 11.7. The Morgan fingerprint density at radius 3 is 2.54 bits per heavy atom. The van der Waals surface area contributed by atoms with Crippen molar-refractivity contribution in [1.82, 2.24) is 9.55 Å². The molecule has 2 aromatic heterocycles. The molecule has 10 heteroatoms. The first-order chi connectivity index (χ1) is 16.9. The lowest BCUT2D eigenvalue weighted by atomic mass is 10.2. The van der Waals surface area contributed by atoms with E-state index in [9.17, 15) is 14.4 Å². The molecule has 0 unspecified atom stereocenters. The molecule has 0 aliphatic carbocycles. The summed E-state index contributed by atoms with van der Waals surface area (Å²) < 4.78 is 11.9. The van der Waals surface area contributed by atoms with Crippen LogP contribution in [0, 0.1) is 6.92 Å². The molecule has 2 aromatic carbocycles. The maximum atomic E-state index is 13.1. The van der Waals surface area contributed by atoms with Gasteiger partial charge in [0.1, 0.15) is 22.9 Å². The van der Waals surface area contributed by atoms with E-state index in [1.807, 2.05) is 6.92 Å². The summed E-state index contributed by atoms with van der Waals surface area (Å²) in [5.74, 6) is 0.482. The molecule has 2 amide bonds. The number of carbonyl (C=O) groups is 2. The maximum absolute atomic E-state index is 13.1. The molecular weight excluding hydrogens is 468 g/mol. The molecule has 0 aliphatic rings. The zero-order chi connectivity index (χ0) is 24.9. The summed E-state index contributed by atoms with van der Waals surface area (Å²) in [6.07, 6.45) is 1.32. The van der Waals surface area contributed by atoms with Gasteiger partial charge in [-0.1, -0.05) is 12.1 Å². The van der Waals surface area contributed by atoms with E-state index in [1.165, 1.54) is 18.0 Å². The Morgan fingerprint density at radius 2 is 1.83 bits per heavy atom. The summed E-state index contributed by atoms with van der Waals surface area (Å²) in [6, 6.07) is 14.0. The van der Waals surface area contributed by atoms with E-state index < -0.39 is 5.91 Å². The van der Waals surface area contributed by atoms with Crippen molar-refractivity contribution in [2.24, 2.45) is 0 Å². The van der Waals surface area contributed by atoms with Crippen molar-refractivity contribution in [1.29, 1.82) is 0 Å². The van der Waals surface area contributed by atoms with Gasteiger partial charge in [0, 0.05) is 5.69 Å². The number of hydrogen-bond donors (Lipinski definition) is 2. The number of rotatable bonds is 8. The van der Waals surface area contributed by atoms with E-state index >= 15 is 0 Å². The Balaban J connectivity index is 1.54. The Morgan fingerprint density at radius 1 is 1.09 bits per heavy atom. The summed E-state index contributed by atoms with van der Waals surface area (Å²) >= 11 is 1.13. The van der Waals surface area contributed by atoms with E-state index in [1.54, 1.807) is 55.5 Å². The van der Waals surface area contributed by atoms with Gasteiger partial charge in [0.15, 0.2) is 0 Å². The van der Waals surface area contributed by atoms with E-state index in [-0.39, 0.29) is 18.0 Å². The molecule has 0 atom stereocenters. The van der Waals surface area contributed by atoms with Crippen LogP contribution in [0.4, 0.5) is 11.4 Å². The summed E-state index contributed by atoms with van der Waals surface area (Å²) in [5, 5.41) is 5.90. The molecule has 0 saturated heterocycles. The topological polar surface area (TPSA) is 112 Å². The minimum atomic E-state index is -0.404. The van der Waals surface area contributed by atoms with E-state index in [0.717, 1.165) is 11.3 Å². The van der Waals surface area contributed by atoms with Crippen molar-refractivity contribution in [3.63, 3.8) is 0 Å². The van der Waals surface area contributed by atoms with Gasteiger partial charge in [-0.3, -0.25) is 19.0 Å². The van der Waals surface area contributed by atoms with Crippen molar-refractivity contribution in [3.8, 4) is 11.5 Å². The van der Waals surface area contributed by atoms with Crippen LogP contribution in [0.1, 0.15) is 22.2 Å². The fourth-order valence-corrected chi connectivity index (χ4v) is 4.60. The average Bonchev–Trinajstić information content (AvgIpc) is 3.19. The minimum Gasteiger partial charge on any atom is -0.495 e. The number of amides is 2. The molecule has 0 aliphatic heterocycles. The number of methoxy groups -OCH3 is 1. The number of fused-ring (bicyclic) bond motifs is 1. The zero-order valence-corrected chi connectivity index (χ0v) is 20.3. The van der Waals surface area contributed by atoms with E-state index in [4.69, 9.17) is 9.47 Å². The molecular formula is C25H24N4O5S. The second-order valence-corrected chi connectivity index (χ2v) is 8.57. The van der Waals surface area contributed by atoms with Gasteiger partial charge < -0.3 is 20.1 Å². The molecule has 9 nitrogen and oxygen atoms in total. The lowest BCUT2D eigenvalue weighted by Crippen LogP contribution is -2.28. The number of thiophene rings is 1. The molecule has 35 heavy (non-hydrogen) atoms. The number of ether oxygens (including phenoxy) is 2. The summed E-state index contributed by atoms with van der Waals surface area (Å²) in [6.45, 7) is 3.92. The Hall–Kier alpha value is -4.18. The monoisotopic (exact) mass is 492 g/mol. The van der Waals surface area contributed by atoms with Crippen LogP contribution in [0.2, 0.25) is 0 Å². The predicted octanol–water partition coefficient (Wildman–Crippen LogP) is 4.06. The molecule has 0 fully saturated rings. The van der Waals surface area contributed by atoms with Gasteiger partial charge in [0.25, 0.3) is 11.5 Å². The Kier molecular flexibility index (Phi) is 7.11. The highest BCUT2D eigenvalue weighted by molar-refractivity contribution is 7.20. The molecule has 4 aromatic rings. The van der Waals surface area contributed by atoms with Gasteiger partial charge in [0.2, 0.25) is 5.91 Å². The molecule has 2 N–H and O–H groups in total. The summed E-state index contributed by atoms with van der Waals surface area (Å²) in [4.78, 5) is 43.8. The zero-order valence-electron chi connectivity index (χ0n) is 19.5. The van der Waals surface area contributed by atoms with Crippen LogP contribution >= 0.6 is 11.3 Å². The molecule has 0 radical (unpaired) electrons. The van der Waals surface area contributed by atoms with Crippen LogP contribution in [0.3, 0.4) is 0 Å². The van der Waals surface area contributed by atoms with Gasteiger partial charge in [0.05, 0.1) is 36.0 Å². The highest BCUT2D eigenvalue weighted by Gasteiger charge is 2.20. The quantitative estimate of drug-likeness (QED) is 0.384. The van der Waals surface area contributed by atoms with Crippen molar-refractivity contribution in [3.05, 3.63) is 75.7 Å². The average molecular weight is 493 g/mol. The first kappa shape index (κ1) is 24.0. The highest BCUT2D eigenvalue weighted by atomic mass is 32.1. The van der Waals surface area contributed by atoms with Gasteiger partial charge in [-0.05, 0) is 55.8 Å². The van der Waals surface area contributed by atoms with Crippen LogP contribution in [-0.2, 0) is 11.3 Å². The molecule has 180 valence electrons. The van der Waals surface area contributed by atoms with Crippen molar-refractivity contribution in [2.75, 3.05) is 24.4 Å². The van der Waals surface area contributed by atoms with Crippen LogP contribution < -0.4 is 25.7 Å². The maximum Gasteiger partial charge on any atom is 0.266 e. The second kappa shape index (κ2) is 10.4. The van der Waals surface area contributed by atoms with E-state index in [0.29, 0.717) is 50.1 Å². The van der Waals surface area contributed by atoms with Gasteiger partial charge in [-0.25, -0.2) is 4.98 Å². The normalized spacial score (nSPS) is 10.7. The number of anilines is 2. The number of aryl methyl sites for hydroxylation is 1. The van der Waals surface area contributed by atoms with Crippen LogP contribution in [0.15, 0.2) is 59.7 Å². The van der Waals surface area contributed by atoms with Crippen molar-refractivity contribution < 1.29 is 19.1 Å². The number of para-hydroxylation sites is 2. The third kappa shape index (κ3) is 5.17. The SMILES string of the molecule is CCOc1ccc(NC(=O)c2sc3ncn(CC(=O)Nc4ccccc4OC)c(=O)c3c2C)cc1. The first-order valence-electron chi connectivity index (χ1n) is 10.9. The molecule has 4 rings (SSSR count). The van der Waals surface area contributed by atoms with Crippen LogP contribution in [0.5, 0.6) is 11.5 Å². The standard InChI is InChI=1S/C25H24N4O5S/c1-4-34-17-11-9-16(10-12-17)27-23(31)22-15(2)21-24(35-22)26-14-29(25(21)32)13-20(30)28-18-7-5-6-8-19(18)33-3/h5-12,14H,4,13H2,1-3H3,(H,27,31)(H,28,30). The third-order valence-electron chi connectivity index (χ3n) is 5.24. The lowest BCUT2D eigenvalue weighted by Gasteiger charge is -2.10. The number of nitrogens with one attached hydrogen (secondary N) is 2. The smallest absolute Gasteiger partial charge is 0.266 e. The fourth-order valence-electron chi connectivity index (χ4n) is 3.57. The van der Waals surface area contributed by atoms with Gasteiger partial charge in [-0.15, -0.1) is 11.3 Å². The Bertz CT molecular complexity index is 1440. The van der Waals surface area contributed by atoms with Gasteiger partial charge in [-0.2, -0.15) is 0 Å². The fraction of sp³-hybridized carbons (Fsp3) is 0.200. The largest absolute Gasteiger partial charge is 0.495 e. The lowest BCUT2D eigenvalue weighted by molar-refractivity contribution is -0.116. The van der Waals surface area contributed by atoms with Crippen molar-refractivity contribution >= 4 is 44.7 Å². The van der Waals surface area contributed by atoms with Crippen LogP contribution in [0.25, 0.3) is 10.2 Å². The van der Waals surface area contributed by atoms with Crippen molar-refractivity contribution in [2.45, 2.75) is 20.4 Å². The number of carbonyl (C=O) groups excluding carboxylic acids is 2. The molecule has 2 heterocycles. The second-order valence-electron chi connectivity index (χ2n) is 7.57. The minimum absolute atomic E-state index is 0.233. The third-order valence-corrected chi connectivity index (χ3v) is 6.44. The molecule has 0 saturated carbocycles.